The molecule has 0 aliphatic heterocycles. The zero-order valence-corrected chi connectivity index (χ0v) is 13.6. The summed E-state index contributed by atoms with van der Waals surface area (Å²) >= 11 is 0. The molecule has 4 aromatic rings. The van der Waals surface area contributed by atoms with E-state index in [1.165, 1.54) is 12.3 Å². The van der Waals surface area contributed by atoms with Crippen LogP contribution >= 0.6 is 0 Å². The van der Waals surface area contributed by atoms with Gasteiger partial charge in [0, 0.05) is 11.5 Å². The third-order valence-electron chi connectivity index (χ3n) is 3.97. The second-order valence-corrected chi connectivity index (χ2v) is 5.66. The molecule has 1 N–H and O–H groups in total. The topological polar surface area (TPSA) is 96.7 Å². The second-order valence-electron chi connectivity index (χ2n) is 5.66. The number of benzene rings is 2. The molecule has 0 unspecified atom stereocenters. The van der Waals surface area contributed by atoms with Crippen molar-refractivity contribution in [3.63, 3.8) is 0 Å². The number of nitriles is 1. The van der Waals surface area contributed by atoms with E-state index in [4.69, 9.17) is 9.78 Å². The zero-order valence-electron chi connectivity index (χ0n) is 13.6. The lowest BCUT2D eigenvalue weighted by atomic mass is 10.1. The van der Waals surface area contributed by atoms with Gasteiger partial charge in [0.25, 0.3) is 5.91 Å². The molecular weight excluding hydrogens is 330 g/mol. The molecule has 2 aromatic heterocycles. The number of hydrogen-bond acceptors (Lipinski definition) is 5. The van der Waals surface area contributed by atoms with E-state index >= 15 is 0 Å². The molecule has 0 bridgehead atoms. The zero-order chi connectivity index (χ0) is 17.9. The summed E-state index contributed by atoms with van der Waals surface area (Å²) < 4.78 is 6.69. The van der Waals surface area contributed by atoms with Gasteiger partial charge in [0.15, 0.2) is 5.82 Å². The monoisotopic (exact) mass is 343 g/mol. The fourth-order valence-electron chi connectivity index (χ4n) is 2.70. The van der Waals surface area contributed by atoms with E-state index in [9.17, 15) is 4.79 Å². The van der Waals surface area contributed by atoms with Crippen LogP contribution in [0.5, 0.6) is 0 Å². The minimum Gasteiger partial charge on any atom is -0.351 e. The van der Waals surface area contributed by atoms with Gasteiger partial charge < -0.3 is 9.84 Å². The van der Waals surface area contributed by atoms with Crippen molar-refractivity contribution >= 4 is 22.6 Å². The van der Waals surface area contributed by atoms with Crippen LogP contribution in [-0.4, -0.2) is 20.8 Å². The maximum Gasteiger partial charge on any atom is 0.295 e. The Morgan fingerprint density at radius 3 is 2.69 bits per heavy atom. The molecule has 4 rings (SSSR count). The van der Waals surface area contributed by atoms with E-state index in [-0.39, 0.29) is 5.76 Å². The predicted octanol–water partition coefficient (Wildman–Crippen LogP) is 3.20. The number of anilines is 1. The van der Waals surface area contributed by atoms with Gasteiger partial charge in [-0.05, 0) is 29.8 Å². The highest BCUT2D eigenvalue weighted by atomic mass is 16.5. The van der Waals surface area contributed by atoms with Gasteiger partial charge in [0.1, 0.15) is 0 Å². The van der Waals surface area contributed by atoms with Crippen LogP contribution in [-0.2, 0) is 6.54 Å². The maximum absolute atomic E-state index is 12.2. The SMILES string of the molecule is N#Cc1ccc(Cn2nc(NC(=O)c3ccno3)c3ccccc32)cc1. The Balaban J connectivity index is 1.67. The molecule has 0 radical (unpaired) electrons. The number of nitrogens with zero attached hydrogens (tertiary/aromatic N) is 4. The van der Waals surface area contributed by atoms with Crippen molar-refractivity contribution in [2.75, 3.05) is 5.32 Å². The molecule has 0 atom stereocenters. The smallest absolute Gasteiger partial charge is 0.295 e. The van der Waals surface area contributed by atoms with Crippen molar-refractivity contribution < 1.29 is 9.32 Å². The number of para-hydroxylation sites is 1. The van der Waals surface area contributed by atoms with Crippen molar-refractivity contribution in [1.82, 2.24) is 14.9 Å². The van der Waals surface area contributed by atoms with Gasteiger partial charge in [0.05, 0.1) is 29.9 Å². The van der Waals surface area contributed by atoms with Crippen LogP contribution < -0.4 is 5.32 Å². The summed E-state index contributed by atoms with van der Waals surface area (Å²) in [5.41, 5.74) is 2.51. The number of amides is 1. The molecule has 2 aromatic carbocycles. The highest BCUT2D eigenvalue weighted by Gasteiger charge is 2.16. The number of nitrogens with one attached hydrogen (secondary N) is 1. The molecule has 0 aliphatic rings. The van der Waals surface area contributed by atoms with E-state index in [1.807, 2.05) is 41.1 Å². The van der Waals surface area contributed by atoms with Gasteiger partial charge in [-0.3, -0.25) is 9.48 Å². The van der Waals surface area contributed by atoms with E-state index in [1.54, 1.807) is 12.1 Å². The minimum absolute atomic E-state index is 0.121. The van der Waals surface area contributed by atoms with Crippen LogP contribution in [0.3, 0.4) is 0 Å². The number of carbonyl (C=O) groups excluding carboxylic acids is 1. The Kier molecular flexibility index (Phi) is 3.92. The third kappa shape index (κ3) is 2.91. The van der Waals surface area contributed by atoms with Gasteiger partial charge in [-0.2, -0.15) is 10.4 Å². The van der Waals surface area contributed by atoms with Gasteiger partial charge in [0.2, 0.25) is 5.76 Å². The third-order valence-corrected chi connectivity index (χ3v) is 3.97. The molecule has 7 heteroatoms. The number of fused-ring (bicyclic) bond motifs is 1. The minimum atomic E-state index is -0.406. The number of rotatable bonds is 4. The Morgan fingerprint density at radius 2 is 1.96 bits per heavy atom. The fraction of sp³-hybridized carbons (Fsp3) is 0.0526. The molecule has 26 heavy (non-hydrogen) atoms. The standard InChI is InChI=1S/C19H13N5O2/c20-11-13-5-7-14(8-6-13)12-24-16-4-2-1-3-15(16)18(23-24)22-19(25)17-9-10-21-26-17/h1-10H,12H2,(H,22,23,25). The lowest BCUT2D eigenvalue weighted by Gasteiger charge is -2.03. The molecule has 0 fully saturated rings. The quantitative estimate of drug-likeness (QED) is 0.614. The predicted molar refractivity (Wildman–Crippen MR) is 94.4 cm³/mol. The van der Waals surface area contributed by atoms with Gasteiger partial charge in [-0.1, -0.05) is 29.4 Å². The van der Waals surface area contributed by atoms with Crippen molar-refractivity contribution in [1.29, 1.82) is 5.26 Å². The first-order valence-electron chi connectivity index (χ1n) is 7.91. The van der Waals surface area contributed by atoms with Crippen LogP contribution in [0.25, 0.3) is 10.9 Å². The summed E-state index contributed by atoms with van der Waals surface area (Å²) in [4.78, 5) is 12.2. The molecule has 7 nitrogen and oxygen atoms in total. The Bertz CT molecular complexity index is 1110. The molecule has 0 aliphatic carbocycles. The van der Waals surface area contributed by atoms with Gasteiger partial charge in [-0.15, -0.1) is 0 Å². The average Bonchev–Trinajstić information content (AvgIpc) is 3.32. The van der Waals surface area contributed by atoms with Gasteiger partial charge in [-0.25, -0.2) is 0 Å². The summed E-state index contributed by atoms with van der Waals surface area (Å²) in [5.74, 6) is 0.169. The summed E-state index contributed by atoms with van der Waals surface area (Å²) in [6.07, 6.45) is 1.41. The second kappa shape index (κ2) is 6.53. The fourth-order valence-corrected chi connectivity index (χ4v) is 2.70. The Hall–Kier alpha value is -3.92. The molecule has 0 spiro atoms. The summed E-state index contributed by atoms with van der Waals surface area (Å²) in [7, 11) is 0. The lowest BCUT2D eigenvalue weighted by molar-refractivity contribution is 0.0987. The largest absolute Gasteiger partial charge is 0.351 e. The Labute approximate surface area is 148 Å². The highest BCUT2D eigenvalue weighted by molar-refractivity contribution is 6.06. The van der Waals surface area contributed by atoms with Crippen molar-refractivity contribution in [3.8, 4) is 6.07 Å². The highest BCUT2D eigenvalue weighted by Crippen LogP contribution is 2.24. The number of hydrogen-bond donors (Lipinski definition) is 1. The molecular formula is C19H13N5O2. The van der Waals surface area contributed by atoms with Crippen molar-refractivity contribution in [2.45, 2.75) is 6.54 Å². The average molecular weight is 343 g/mol. The van der Waals surface area contributed by atoms with Crippen LogP contribution in [0, 0.1) is 11.3 Å². The molecule has 1 amide bonds. The normalized spacial score (nSPS) is 10.6. The molecule has 0 saturated heterocycles. The van der Waals surface area contributed by atoms with Crippen molar-refractivity contribution in [3.05, 3.63) is 77.7 Å². The molecule has 2 heterocycles. The first kappa shape index (κ1) is 15.6. The first-order valence-corrected chi connectivity index (χ1v) is 7.91. The van der Waals surface area contributed by atoms with Crippen LogP contribution in [0.15, 0.2) is 65.3 Å². The number of carbonyl (C=O) groups is 1. The van der Waals surface area contributed by atoms with Crippen LogP contribution in [0.4, 0.5) is 5.82 Å². The van der Waals surface area contributed by atoms with E-state index in [0.717, 1.165) is 16.5 Å². The molecule has 0 saturated carbocycles. The Morgan fingerprint density at radius 1 is 1.15 bits per heavy atom. The van der Waals surface area contributed by atoms with Crippen LogP contribution in [0.1, 0.15) is 21.7 Å². The lowest BCUT2D eigenvalue weighted by Crippen LogP contribution is -2.12. The first-order chi connectivity index (χ1) is 12.7. The maximum atomic E-state index is 12.2. The summed E-state index contributed by atoms with van der Waals surface area (Å²) in [6.45, 7) is 0.518. The van der Waals surface area contributed by atoms with Crippen molar-refractivity contribution in [2.24, 2.45) is 0 Å². The molecule has 126 valence electrons. The van der Waals surface area contributed by atoms with E-state index in [0.29, 0.717) is 17.9 Å². The van der Waals surface area contributed by atoms with Gasteiger partial charge >= 0.3 is 0 Å². The van der Waals surface area contributed by atoms with E-state index < -0.39 is 5.91 Å². The summed E-state index contributed by atoms with van der Waals surface area (Å²) in [5, 5.41) is 20.6. The van der Waals surface area contributed by atoms with Crippen LogP contribution in [0.2, 0.25) is 0 Å². The summed E-state index contributed by atoms with van der Waals surface area (Å²) in [6, 6.07) is 18.6. The number of aromatic nitrogens is 3. The van der Waals surface area contributed by atoms with E-state index in [2.05, 4.69) is 21.6 Å².